The number of benzene rings is 2. The molecule has 1 atom stereocenters. The third kappa shape index (κ3) is 5.28. The maximum Gasteiger partial charge on any atom is 0.336 e. The molecule has 0 aliphatic rings. The molecule has 0 saturated carbocycles. The molecule has 4 N–H and O–H groups in total. The zero-order valence-corrected chi connectivity index (χ0v) is 18.4. The standard InChI is InChI=1S/C23H26FN5O4/c1-29-17-10-5-11-18(33-2)20(17)28-21(29)16(9-6-12-26-19(25)13-24)27-22(30)14-7-3-4-8-15(14)23(31)32/h3-5,7-8,10-11,16H,6,9,12-13H2,1-2H3,(H2,25,26)(H,27,30)(H,31,32). The van der Waals surface area contributed by atoms with Gasteiger partial charge in [0.05, 0.1) is 29.8 Å². The predicted molar refractivity (Wildman–Crippen MR) is 122 cm³/mol. The van der Waals surface area contributed by atoms with E-state index < -0.39 is 24.6 Å². The van der Waals surface area contributed by atoms with Crippen LogP contribution in [0.1, 0.15) is 45.4 Å². The summed E-state index contributed by atoms with van der Waals surface area (Å²) in [7, 11) is 3.38. The van der Waals surface area contributed by atoms with E-state index in [9.17, 15) is 19.1 Å². The van der Waals surface area contributed by atoms with E-state index >= 15 is 0 Å². The number of carboxylic acids is 1. The first kappa shape index (κ1) is 23.7. The number of halogens is 1. The number of hydrogen-bond donors (Lipinski definition) is 4. The molecule has 33 heavy (non-hydrogen) atoms. The molecule has 10 heteroatoms. The molecule has 0 saturated heterocycles. The molecule has 0 fully saturated rings. The van der Waals surface area contributed by atoms with E-state index in [4.69, 9.17) is 15.1 Å². The summed E-state index contributed by atoms with van der Waals surface area (Å²) >= 11 is 0. The molecule has 0 bridgehead atoms. The first-order chi connectivity index (χ1) is 15.9. The van der Waals surface area contributed by atoms with Gasteiger partial charge in [0.15, 0.2) is 0 Å². The van der Waals surface area contributed by atoms with Crippen LogP contribution >= 0.6 is 0 Å². The van der Waals surface area contributed by atoms with Gasteiger partial charge in [0.2, 0.25) is 0 Å². The van der Waals surface area contributed by atoms with Crippen LogP contribution in [-0.4, -0.2) is 52.7 Å². The van der Waals surface area contributed by atoms with Crippen molar-refractivity contribution < 1.29 is 23.8 Å². The lowest BCUT2D eigenvalue weighted by Gasteiger charge is -2.19. The molecular formula is C23H26FN5O4. The summed E-state index contributed by atoms with van der Waals surface area (Å²) in [4.78, 5) is 29.3. The van der Waals surface area contributed by atoms with Gasteiger partial charge in [-0.2, -0.15) is 0 Å². The number of aromatic nitrogens is 2. The Bertz CT molecular complexity index is 1180. The fraction of sp³-hybridized carbons (Fsp3) is 0.304. The fourth-order valence-corrected chi connectivity index (χ4v) is 3.65. The van der Waals surface area contributed by atoms with Gasteiger partial charge in [-0.1, -0.05) is 18.2 Å². The van der Waals surface area contributed by atoms with E-state index in [-0.39, 0.29) is 17.0 Å². The average Bonchev–Trinajstić information content (AvgIpc) is 3.17. The second-order valence-electron chi connectivity index (χ2n) is 7.41. The summed E-state index contributed by atoms with van der Waals surface area (Å²) < 4.78 is 19.8. The van der Waals surface area contributed by atoms with Crippen LogP contribution < -0.4 is 15.4 Å². The van der Waals surface area contributed by atoms with Crippen molar-refractivity contribution in [1.82, 2.24) is 20.2 Å². The highest BCUT2D eigenvalue weighted by molar-refractivity contribution is 6.04. The number of alkyl halides is 1. The molecule has 1 unspecified atom stereocenters. The fourth-order valence-electron chi connectivity index (χ4n) is 3.65. The number of fused-ring (bicyclic) bond motifs is 1. The zero-order valence-electron chi connectivity index (χ0n) is 18.4. The van der Waals surface area contributed by atoms with Crippen LogP contribution in [0, 0.1) is 5.41 Å². The summed E-state index contributed by atoms with van der Waals surface area (Å²) in [5.41, 5.74) is 1.40. The van der Waals surface area contributed by atoms with Crippen molar-refractivity contribution in [2.45, 2.75) is 18.9 Å². The number of nitrogens with zero attached hydrogens (tertiary/aromatic N) is 2. The first-order valence-corrected chi connectivity index (χ1v) is 10.4. The molecule has 0 radical (unpaired) electrons. The Labute approximate surface area is 190 Å². The minimum Gasteiger partial charge on any atom is -0.494 e. The van der Waals surface area contributed by atoms with Gasteiger partial charge in [0.25, 0.3) is 5.91 Å². The summed E-state index contributed by atoms with van der Waals surface area (Å²) in [6, 6.07) is 10.9. The number of amidine groups is 1. The summed E-state index contributed by atoms with van der Waals surface area (Å²) in [5, 5.41) is 22.4. The molecule has 2 aromatic carbocycles. The molecule has 1 aromatic heterocycles. The number of rotatable bonds is 10. The smallest absolute Gasteiger partial charge is 0.336 e. The SMILES string of the molecule is COc1cccc2c1nc(C(CCCNC(=N)CF)NC(=O)c1ccccc1C(=O)O)n2C. The highest BCUT2D eigenvalue weighted by Crippen LogP contribution is 2.29. The van der Waals surface area contributed by atoms with Crippen LogP contribution in [0.4, 0.5) is 4.39 Å². The third-order valence-electron chi connectivity index (χ3n) is 5.29. The van der Waals surface area contributed by atoms with Gasteiger partial charge in [-0.3, -0.25) is 10.2 Å². The van der Waals surface area contributed by atoms with Gasteiger partial charge in [-0.05, 0) is 37.1 Å². The second-order valence-corrected chi connectivity index (χ2v) is 7.41. The number of methoxy groups -OCH3 is 1. The van der Waals surface area contributed by atoms with Crippen LogP contribution in [0.5, 0.6) is 5.75 Å². The predicted octanol–water partition coefficient (Wildman–Crippen LogP) is 3.07. The van der Waals surface area contributed by atoms with Gasteiger partial charge >= 0.3 is 5.97 Å². The van der Waals surface area contributed by atoms with Crippen molar-refractivity contribution in [1.29, 1.82) is 5.41 Å². The van der Waals surface area contributed by atoms with Crippen molar-refractivity contribution in [2.24, 2.45) is 7.05 Å². The summed E-state index contributed by atoms with van der Waals surface area (Å²) in [5.74, 6) is -0.788. The van der Waals surface area contributed by atoms with Crippen molar-refractivity contribution >= 4 is 28.7 Å². The van der Waals surface area contributed by atoms with Crippen molar-refractivity contribution in [2.75, 3.05) is 20.3 Å². The molecule has 9 nitrogen and oxygen atoms in total. The Kier molecular flexibility index (Phi) is 7.60. The van der Waals surface area contributed by atoms with Gasteiger partial charge in [-0.25, -0.2) is 14.2 Å². The van der Waals surface area contributed by atoms with Crippen molar-refractivity contribution in [3.05, 3.63) is 59.4 Å². The molecule has 3 rings (SSSR count). The van der Waals surface area contributed by atoms with Crippen LogP contribution in [0.15, 0.2) is 42.5 Å². The highest BCUT2D eigenvalue weighted by atomic mass is 19.1. The van der Waals surface area contributed by atoms with E-state index in [2.05, 4.69) is 10.6 Å². The molecule has 0 aliphatic carbocycles. The Hall–Kier alpha value is -3.95. The Morgan fingerprint density at radius 1 is 1.21 bits per heavy atom. The van der Waals surface area contributed by atoms with Crippen LogP contribution in [0.2, 0.25) is 0 Å². The molecule has 0 spiro atoms. The highest BCUT2D eigenvalue weighted by Gasteiger charge is 2.24. The topological polar surface area (TPSA) is 129 Å². The van der Waals surface area contributed by atoms with Crippen LogP contribution in [-0.2, 0) is 7.05 Å². The van der Waals surface area contributed by atoms with Crippen LogP contribution in [0.25, 0.3) is 11.0 Å². The van der Waals surface area contributed by atoms with E-state index in [1.165, 1.54) is 12.1 Å². The van der Waals surface area contributed by atoms with E-state index in [1.54, 1.807) is 25.3 Å². The number of hydrogen-bond acceptors (Lipinski definition) is 5. The number of aryl methyl sites for hydroxylation is 1. The van der Waals surface area contributed by atoms with E-state index in [0.717, 1.165) is 5.52 Å². The monoisotopic (exact) mass is 455 g/mol. The number of aromatic carboxylic acids is 1. The largest absolute Gasteiger partial charge is 0.494 e. The average molecular weight is 455 g/mol. The quantitative estimate of drug-likeness (QED) is 0.211. The second kappa shape index (κ2) is 10.6. The Morgan fingerprint density at radius 2 is 1.94 bits per heavy atom. The number of nitrogens with one attached hydrogen (secondary N) is 3. The lowest BCUT2D eigenvalue weighted by molar-refractivity contribution is 0.0690. The van der Waals surface area contributed by atoms with Crippen LogP contribution in [0.3, 0.4) is 0 Å². The minimum atomic E-state index is -1.20. The molecule has 1 heterocycles. The lowest BCUT2D eigenvalue weighted by Crippen LogP contribution is -2.32. The number of imidazole rings is 1. The zero-order chi connectivity index (χ0) is 24.0. The lowest BCUT2D eigenvalue weighted by atomic mass is 10.1. The number of carbonyl (C=O) groups is 2. The molecule has 3 aromatic rings. The minimum absolute atomic E-state index is 0.0451. The number of carbonyl (C=O) groups excluding carboxylic acids is 1. The van der Waals surface area contributed by atoms with Crippen molar-refractivity contribution in [3.63, 3.8) is 0 Å². The Balaban J connectivity index is 1.93. The number of ether oxygens (including phenoxy) is 1. The third-order valence-corrected chi connectivity index (χ3v) is 5.29. The number of para-hydroxylation sites is 1. The van der Waals surface area contributed by atoms with Gasteiger partial charge in [-0.15, -0.1) is 0 Å². The van der Waals surface area contributed by atoms with Gasteiger partial charge in [0.1, 0.15) is 29.6 Å². The molecular weight excluding hydrogens is 429 g/mol. The molecule has 1 amide bonds. The van der Waals surface area contributed by atoms with Gasteiger partial charge < -0.3 is 25.0 Å². The van der Waals surface area contributed by atoms with E-state index in [0.29, 0.717) is 36.5 Å². The summed E-state index contributed by atoms with van der Waals surface area (Å²) in [6.45, 7) is -0.537. The van der Waals surface area contributed by atoms with Crippen molar-refractivity contribution in [3.8, 4) is 5.75 Å². The normalized spacial score (nSPS) is 11.7. The maximum absolute atomic E-state index is 13.1. The molecule has 0 aliphatic heterocycles. The summed E-state index contributed by atoms with van der Waals surface area (Å²) in [6.07, 6.45) is 0.932. The number of amides is 1. The Morgan fingerprint density at radius 3 is 2.61 bits per heavy atom. The van der Waals surface area contributed by atoms with Gasteiger partial charge in [0, 0.05) is 13.6 Å². The van der Waals surface area contributed by atoms with E-state index in [1.807, 2.05) is 23.7 Å². The molecule has 174 valence electrons. The maximum atomic E-state index is 13.1. The first-order valence-electron chi connectivity index (χ1n) is 10.4. The number of carboxylic acid groups (broad SMARTS) is 1.